The van der Waals surface area contributed by atoms with E-state index in [0.29, 0.717) is 0 Å². The van der Waals surface area contributed by atoms with E-state index in [1.807, 2.05) is 25.1 Å². The Kier molecular flexibility index (Phi) is 2.75. The van der Waals surface area contributed by atoms with Gasteiger partial charge in [0.05, 0.1) is 12.8 Å². The average Bonchev–Trinajstić information content (AvgIpc) is 2.08. The second kappa shape index (κ2) is 3.81. The van der Waals surface area contributed by atoms with Gasteiger partial charge in [-0.25, -0.2) is 0 Å². The van der Waals surface area contributed by atoms with Gasteiger partial charge in [-0.1, -0.05) is 12.6 Å². The number of ether oxygens (including phenoxy) is 1. The van der Waals surface area contributed by atoms with Crippen molar-refractivity contribution in [3.63, 3.8) is 0 Å². The minimum atomic E-state index is 0.843. The first-order valence-corrected chi connectivity index (χ1v) is 3.80. The maximum Gasteiger partial charge on any atom is 0.142 e. The third-order valence-electron chi connectivity index (χ3n) is 1.61. The molecule has 1 aromatic carbocycles. The predicted molar refractivity (Wildman–Crippen MR) is 51.6 cm³/mol. The van der Waals surface area contributed by atoms with Gasteiger partial charge in [-0.2, -0.15) is 0 Å². The Hall–Kier alpha value is -1.44. The van der Waals surface area contributed by atoms with Crippen molar-refractivity contribution in [2.45, 2.75) is 6.92 Å². The number of hydrogen-bond acceptors (Lipinski definition) is 2. The number of anilines is 1. The van der Waals surface area contributed by atoms with E-state index in [-0.39, 0.29) is 0 Å². The molecule has 0 aromatic heterocycles. The van der Waals surface area contributed by atoms with Crippen LogP contribution in [0.1, 0.15) is 5.56 Å². The zero-order valence-corrected chi connectivity index (χ0v) is 7.42. The molecule has 0 spiro atoms. The summed E-state index contributed by atoms with van der Waals surface area (Å²) >= 11 is 0. The lowest BCUT2D eigenvalue weighted by Gasteiger charge is -2.08. The number of hydrogen-bond donors (Lipinski definition) is 1. The van der Waals surface area contributed by atoms with Crippen LogP contribution in [0.3, 0.4) is 0 Å². The van der Waals surface area contributed by atoms with Gasteiger partial charge in [0.2, 0.25) is 0 Å². The Morgan fingerprint density at radius 2 is 2.25 bits per heavy atom. The summed E-state index contributed by atoms with van der Waals surface area (Å²) < 4.78 is 5.17. The van der Waals surface area contributed by atoms with Gasteiger partial charge in [0.25, 0.3) is 0 Å². The van der Waals surface area contributed by atoms with Gasteiger partial charge in [0, 0.05) is 0 Å². The summed E-state index contributed by atoms with van der Waals surface area (Å²) in [4.78, 5) is 0. The van der Waals surface area contributed by atoms with Gasteiger partial charge in [-0.05, 0) is 30.8 Å². The second-order valence-corrected chi connectivity index (χ2v) is 2.55. The number of aryl methyl sites for hydroxylation is 1. The molecule has 12 heavy (non-hydrogen) atoms. The third-order valence-corrected chi connectivity index (χ3v) is 1.61. The molecule has 2 nitrogen and oxygen atoms in total. The first-order chi connectivity index (χ1) is 5.77. The minimum Gasteiger partial charge on any atom is -0.495 e. The molecule has 0 aliphatic carbocycles. The zero-order chi connectivity index (χ0) is 8.97. The molecule has 64 valence electrons. The molecule has 0 saturated heterocycles. The molecule has 0 unspecified atom stereocenters. The van der Waals surface area contributed by atoms with Crippen LogP contribution in [0.2, 0.25) is 0 Å². The van der Waals surface area contributed by atoms with Crippen molar-refractivity contribution in [3.05, 3.63) is 36.5 Å². The van der Waals surface area contributed by atoms with Crippen LogP contribution in [0.25, 0.3) is 0 Å². The number of methoxy groups -OCH3 is 1. The van der Waals surface area contributed by atoms with Crippen LogP contribution < -0.4 is 10.1 Å². The van der Waals surface area contributed by atoms with Gasteiger partial charge >= 0.3 is 0 Å². The van der Waals surface area contributed by atoms with E-state index < -0.39 is 0 Å². The van der Waals surface area contributed by atoms with Gasteiger partial charge in [0.1, 0.15) is 5.75 Å². The first kappa shape index (κ1) is 8.65. The smallest absolute Gasteiger partial charge is 0.142 e. The van der Waals surface area contributed by atoms with Crippen molar-refractivity contribution in [1.29, 1.82) is 0 Å². The summed E-state index contributed by atoms with van der Waals surface area (Å²) in [6, 6.07) is 5.97. The van der Waals surface area contributed by atoms with Crippen LogP contribution in [0, 0.1) is 6.92 Å². The van der Waals surface area contributed by atoms with E-state index in [1.165, 1.54) is 5.56 Å². The molecule has 2 heteroatoms. The second-order valence-electron chi connectivity index (χ2n) is 2.55. The van der Waals surface area contributed by atoms with Crippen LogP contribution in [-0.4, -0.2) is 7.11 Å². The molecule has 0 bridgehead atoms. The largest absolute Gasteiger partial charge is 0.495 e. The number of rotatable bonds is 3. The maximum absolute atomic E-state index is 5.17. The highest BCUT2D eigenvalue weighted by Gasteiger charge is 1.99. The van der Waals surface area contributed by atoms with Gasteiger partial charge < -0.3 is 10.1 Å². The molecule has 0 amide bonds. The summed E-state index contributed by atoms with van der Waals surface area (Å²) in [5.41, 5.74) is 2.12. The van der Waals surface area contributed by atoms with E-state index >= 15 is 0 Å². The molecule has 0 fully saturated rings. The number of benzene rings is 1. The Morgan fingerprint density at radius 3 is 2.83 bits per heavy atom. The van der Waals surface area contributed by atoms with Crippen molar-refractivity contribution < 1.29 is 4.74 Å². The van der Waals surface area contributed by atoms with E-state index in [0.717, 1.165) is 11.4 Å². The first-order valence-electron chi connectivity index (χ1n) is 3.80. The maximum atomic E-state index is 5.17. The quantitative estimate of drug-likeness (QED) is 0.739. The highest BCUT2D eigenvalue weighted by molar-refractivity contribution is 5.58. The normalized spacial score (nSPS) is 9.17. The lowest BCUT2D eigenvalue weighted by Crippen LogP contribution is -1.92. The lowest BCUT2D eigenvalue weighted by atomic mass is 10.2. The highest BCUT2D eigenvalue weighted by atomic mass is 16.5. The summed E-state index contributed by atoms with van der Waals surface area (Å²) in [6.07, 6.45) is 1.63. The van der Waals surface area contributed by atoms with Gasteiger partial charge in [0.15, 0.2) is 0 Å². The number of nitrogens with one attached hydrogen (secondary N) is 1. The van der Waals surface area contributed by atoms with E-state index in [2.05, 4.69) is 11.9 Å². The summed E-state index contributed by atoms with van der Waals surface area (Å²) in [5, 5.41) is 2.99. The fraction of sp³-hybridized carbons (Fsp3) is 0.200. The molecule has 0 atom stereocenters. The molecular formula is C10H13NO. The summed E-state index contributed by atoms with van der Waals surface area (Å²) in [7, 11) is 1.66. The van der Waals surface area contributed by atoms with Crippen molar-refractivity contribution in [1.82, 2.24) is 0 Å². The highest BCUT2D eigenvalue weighted by Crippen LogP contribution is 2.24. The lowest BCUT2D eigenvalue weighted by molar-refractivity contribution is 0.416. The Balaban J connectivity index is 3.01. The van der Waals surface area contributed by atoms with Crippen LogP contribution >= 0.6 is 0 Å². The zero-order valence-electron chi connectivity index (χ0n) is 7.42. The van der Waals surface area contributed by atoms with Crippen LogP contribution in [0.15, 0.2) is 31.0 Å². The Bertz CT molecular complexity index is 281. The standard InChI is InChI=1S/C10H13NO/c1-4-11-9-6-5-8(2)7-10(9)12-3/h4-7,11H,1H2,2-3H3. The van der Waals surface area contributed by atoms with Crippen molar-refractivity contribution in [2.75, 3.05) is 12.4 Å². The Labute approximate surface area is 72.9 Å². The van der Waals surface area contributed by atoms with E-state index in [4.69, 9.17) is 4.74 Å². The molecule has 1 N–H and O–H groups in total. The summed E-state index contributed by atoms with van der Waals surface area (Å²) in [5.74, 6) is 0.843. The van der Waals surface area contributed by atoms with Crippen molar-refractivity contribution in [3.8, 4) is 5.75 Å². The molecule has 0 aliphatic rings. The molecule has 0 saturated carbocycles. The van der Waals surface area contributed by atoms with Crippen molar-refractivity contribution >= 4 is 5.69 Å². The molecule has 1 aromatic rings. The fourth-order valence-electron chi connectivity index (χ4n) is 1.03. The van der Waals surface area contributed by atoms with E-state index in [9.17, 15) is 0 Å². The molecular weight excluding hydrogens is 150 g/mol. The minimum absolute atomic E-state index is 0.843. The van der Waals surface area contributed by atoms with Gasteiger partial charge in [-0.15, -0.1) is 0 Å². The predicted octanol–water partition coefficient (Wildman–Crippen LogP) is 2.56. The monoisotopic (exact) mass is 163 g/mol. The molecule has 0 radical (unpaired) electrons. The third kappa shape index (κ3) is 1.78. The average molecular weight is 163 g/mol. The van der Waals surface area contributed by atoms with Crippen molar-refractivity contribution in [2.24, 2.45) is 0 Å². The van der Waals surface area contributed by atoms with Gasteiger partial charge in [-0.3, -0.25) is 0 Å². The van der Waals surface area contributed by atoms with Crippen LogP contribution in [-0.2, 0) is 0 Å². The molecule has 0 aliphatic heterocycles. The van der Waals surface area contributed by atoms with Crippen LogP contribution in [0.5, 0.6) is 5.75 Å². The van der Waals surface area contributed by atoms with E-state index in [1.54, 1.807) is 13.3 Å². The topological polar surface area (TPSA) is 21.3 Å². The SMILES string of the molecule is C=CNc1ccc(C)cc1OC. The summed E-state index contributed by atoms with van der Waals surface area (Å²) in [6.45, 7) is 5.62. The molecule has 1 rings (SSSR count). The van der Waals surface area contributed by atoms with Crippen LogP contribution in [0.4, 0.5) is 5.69 Å². The Morgan fingerprint density at radius 1 is 1.50 bits per heavy atom. The fourth-order valence-corrected chi connectivity index (χ4v) is 1.03. The molecule has 0 heterocycles.